The number of anilines is 1. The average Bonchev–Trinajstić information content (AvgIpc) is 2.58. The zero-order valence-corrected chi connectivity index (χ0v) is 14.7. The molecular weight excluding hydrogens is 328 g/mol. The molecule has 1 heterocycles. The van der Waals surface area contributed by atoms with Crippen LogP contribution in [0, 0.1) is 5.92 Å². The molecule has 128 valence electrons. The quantitative estimate of drug-likeness (QED) is 0.838. The monoisotopic (exact) mass is 348 g/mol. The smallest absolute Gasteiger partial charge is 0.287 e. The first-order valence-corrected chi connectivity index (χ1v) is 8.09. The lowest BCUT2D eigenvalue weighted by Crippen LogP contribution is -2.42. The predicted molar refractivity (Wildman–Crippen MR) is 95.4 cm³/mol. The van der Waals surface area contributed by atoms with Crippen molar-refractivity contribution >= 4 is 23.2 Å². The molecule has 24 heavy (non-hydrogen) atoms. The first-order valence-electron chi connectivity index (χ1n) is 7.71. The van der Waals surface area contributed by atoms with E-state index in [0.29, 0.717) is 12.2 Å². The Morgan fingerprint density at radius 3 is 2.54 bits per heavy atom. The van der Waals surface area contributed by atoms with Crippen LogP contribution in [0.2, 0.25) is 5.02 Å². The van der Waals surface area contributed by atoms with Crippen molar-refractivity contribution in [3.8, 4) is 0 Å². The fourth-order valence-corrected chi connectivity index (χ4v) is 2.49. The molecule has 0 radical (unpaired) electrons. The second-order valence-corrected chi connectivity index (χ2v) is 6.18. The van der Waals surface area contributed by atoms with Gasteiger partial charge in [-0.25, -0.2) is 4.68 Å². The molecule has 0 aliphatic heterocycles. The van der Waals surface area contributed by atoms with Crippen LogP contribution in [-0.2, 0) is 11.3 Å². The molecule has 0 aliphatic rings. The number of nitrogens with one attached hydrogen (secondary N) is 2. The summed E-state index contributed by atoms with van der Waals surface area (Å²) in [5.74, 6) is -0.151. The van der Waals surface area contributed by atoms with Gasteiger partial charge in [0.2, 0.25) is 5.91 Å². The third kappa shape index (κ3) is 4.14. The van der Waals surface area contributed by atoms with Gasteiger partial charge in [0.1, 0.15) is 11.1 Å². The van der Waals surface area contributed by atoms with Crippen LogP contribution in [0.1, 0.15) is 19.4 Å². The van der Waals surface area contributed by atoms with Gasteiger partial charge in [-0.3, -0.25) is 9.59 Å². The molecule has 0 fully saturated rings. The van der Waals surface area contributed by atoms with Crippen molar-refractivity contribution in [3.63, 3.8) is 0 Å². The highest BCUT2D eigenvalue weighted by atomic mass is 35.5. The van der Waals surface area contributed by atoms with Gasteiger partial charge in [0.25, 0.3) is 5.56 Å². The first-order chi connectivity index (χ1) is 11.4. The number of halogens is 1. The molecule has 6 nitrogen and oxygen atoms in total. The summed E-state index contributed by atoms with van der Waals surface area (Å²) >= 11 is 6.19. The first kappa shape index (κ1) is 18.0. The van der Waals surface area contributed by atoms with Crippen molar-refractivity contribution in [2.45, 2.75) is 26.4 Å². The normalized spacial score (nSPS) is 12.0. The number of benzene rings is 1. The van der Waals surface area contributed by atoms with Crippen molar-refractivity contribution < 1.29 is 4.79 Å². The van der Waals surface area contributed by atoms with Gasteiger partial charge < -0.3 is 10.6 Å². The van der Waals surface area contributed by atoms with Crippen LogP contribution in [0.4, 0.5) is 5.69 Å². The van der Waals surface area contributed by atoms with Gasteiger partial charge >= 0.3 is 0 Å². The second kappa shape index (κ2) is 7.97. The Morgan fingerprint density at radius 1 is 1.29 bits per heavy atom. The molecule has 0 saturated carbocycles. The van der Waals surface area contributed by atoms with Crippen molar-refractivity contribution in [1.29, 1.82) is 0 Å². The van der Waals surface area contributed by atoms with Crippen molar-refractivity contribution in [2.75, 3.05) is 12.4 Å². The van der Waals surface area contributed by atoms with E-state index in [0.717, 1.165) is 5.56 Å². The van der Waals surface area contributed by atoms with Crippen molar-refractivity contribution in [2.24, 2.45) is 5.92 Å². The van der Waals surface area contributed by atoms with Gasteiger partial charge in [0, 0.05) is 7.05 Å². The molecule has 2 rings (SSSR count). The largest absolute Gasteiger partial charge is 0.371 e. The highest BCUT2D eigenvalue weighted by Gasteiger charge is 2.22. The number of rotatable bonds is 6. The maximum atomic E-state index is 12.4. The van der Waals surface area contributed by atoms with E-state index in [4.69, 9.17) is 11.6 Å². The highest BCUT2D eigenvalue weighted by Crippen LogP contribution is 2.19. The van der Waals surface area contributed by atoms with Crippen LogP contribution in [-0.4, -0.2) is 28.8 Å². The van der Waals surface area contributed by atoms with E-state index in [1.807, 2.05) is 44.2 Å². The Labute approximate surface area is 145 Å². The minimum atomic E-state index is -0.501. The number of hydrogen-bond donors (Lipinski definition) is 2. The summed E-state index contributed by atoms with van der Waals surface area (Å²) in [6.07, 6.45) is 1.48. The molecule has 1 amide bonds. The maximum absolute atomic E-state index is 12.4. The summed E-state index contributed by atoms with van der Waals surface area (Å²) < 4.78 is 1.30. The fourth-order valence-electron chi connectivity index (χ4n) is 2.29. The summed E-state index contributed by atoms with van der Waals surface area (Å²) in [6.45, 7) is 4.15. The van der Waals surface area contributed by atoms with Crippen molar-refractivity contribution in [3.05, 3.63) is 57.5 Å². The minimum absolute atomic E-state index is 0.0211. The molecule has 7 heteroatoms. The van der Waals surface area contributed by atoms with Crippen LogP contribution < -0.4 is 16.2 Å². The van der Waals surface area contributed by atoms with Gasteiger partial charge in [-0.2, -0.15) is 5.10 Å². The van der Waals surface area contributed by atoms with Gasteiger partial charge in [0.05, 0.1) is 18.4 Å². The molecule has 0 bridgehead atoms. The lowest BCUT2D eigenvalue weighted by molar-refractivity contribution is -0.122. The Kier molecular flexibility index (Phi) is 5.98. The number of amides is 1. The topological polar surface area (TPSA) is 76.0 Å². The molecular formula is C17H21ClN4O2. The lowest BCUT2D eigenvalue weighted by atomic mass is 10.0. The fraction of sp³-hybridized carbons (Fsp3) is 0.353. The Morgan fingerprint density at radius 2 is 1.96 bits per heavy atom. The molecule has 2 aromatic rings. The maximum Gasteiger partial charge on any atom is 0.287 e. The number of nitrogens with zero attached hydrogens (tertiary/aromatic N) is 2. The molecule has 0 aliphatic carbocycles. The zero-order chi connectivity index (χ0) is 17.7. The van der Waals surface area contributed by atoms with E-state index in [1.165, 1.54) is 10.9 Å². The predicted octanol–water partition coefficient (Wildman–Crippen LogP) is 2.13. The molecule has 1 atom stereocenters. The standard InChI is InChI=1S/C17H21ClN4O2/c1-11(2)15(16(23)19-3)21-13-9-20-22(17(24)14(13)18)10-12-7-5-4-6-8-12/h4-9,11,15,21H,10H2,1-3H3,(H,19,23). The van der Waals surface area contributed by atoms with Crippen LogP contribution in [0.3, 0.4) is 0 Å². The van der Waals surface area contributed by atoms with E-state index in [1.54, 1.807) is 7.05 Å². The minimum Gasteiger partial charge on any atom is -0.371 e. The summed E-state index contributed by atoms with van der Waals surface area (Å²) in [7, 11) is 1.57. The molecule has 1 unspecified atom stereocenters. The average molecular weight is 349 g/mol. The highest BCUT2D eigenvalue weighted by molar-refractivity contribution is 6.33. The molecule has 1 aromatic heterocycles. The third-order valence-corrected chi connectivity index (χ3v) is 4.03. The van der Waals surface area contributed by atoms with E-state index in [9.17, 15) is 9.59 Å². The second-order valence-electron chi connectivity index (χ2n) is 5.80. The molecule has 1 aromatic carbocycles. The SMILES string of the molecule is CNC(=O)C(Nc1cnn(Cc2ccccc2)c(=O)c1Cl)C(C)C. The van der Waals surface area contributed by atoms with Crippen molar-refractivity contribution in [1.82, 2.24) is 15.1 Å². The molecule has 0 spiro atoms. The van der Waals surface area contributed by atoms with E-state index in [-0.39, 0.29) is 16.8 Å². The number of aromatic nitrogens is 2. The van der Waals surface area contributed by atoms with Crippen LogP contribution >= 0.6 is 11.6 Å². The van der Waals surface area contributed by atoms with Gasteiger partial charge in [-0.05, 0) is 11.5 Å². The van der Waals surface area contributed by atoms with E-state index in [2.05, 4.69) is 15.7 Å². The van der Waals surface area contributed by atoms with E-state index >= 15 is 0 Å². The van der Waals surface area contributed by atoms with E-state index < -0.39 is 11.6 Å². The number of carbonyl (C=O) groups excluding carboxylic acids is 1. The molecule has 2 N–H and O–H groups in total. The Hall–Kier alpha value is -2.34. The Bertz CT molecular complexity index is 759. The number of hydrogen-bond acceptors (Lipinski definition) is 4. The van der Waals surface area contributed by atoms with Gasteiger partial charge in [-0.15, -0.1) is 0 Å². The third-order valence-electron chi connectivity index (χ3n) is 3.67. The van der Waals surface area contributed by atoms with Crippen LogP contribution in [0.25, 0.3) is 0 Å². The van der Waals surface area contributed by atoms with Gasteiger partial charge in [-0.1, -0.05) is 55.8 Å². The van der Waals surface area contributed by atoms with Crippen LogP contribution in [0.15, 0.2) is 41.3 Å². The number of likely N-dealkylation sites (N-methyl/N-ethyl adjacent to an activating group) is 1. The van der Waals surface area contributed by atoms with Crippen LogP contribution in [0.5, 0.6) is 0 Å². The Balaban J connectivity index is 2.26. The summed E-state index contributed by atoms with van der Waals surface area (Å²) in [5.41, 5.74) is 0.910. The summed E-state index contributed by atoms with van der Waals surface area (Å²) in [4.78, 5) is 24.4. The lowest BCUT2D eigenvalue weighted by Gasteiger charge is -2.22. The number of carbonyl (C=O) groups is 1. The summed E-state index contributed by atoms with van der Waals surface area (Å²) in [5, 5.41) is 9.79. The molecule has 0 saturated heterocycles. The van der Waals surface area contributed by atoms with Gasteiger partial charge in [0.15, 0.2) is 0 Å². The summed E-state index contributed by atoms with van der Waals surface area (Å²) in [6, 6.07) is 9.02. The zero-order valence-electron chi connectivity index (χ0n) is 13.9.